The van der Waals surface area contributed by atoms with Gasteiger partial charge in [-0.1, -0.05) is 0 Å². The molecule has 0 aromatic heterocycles. The average molecular weight is 239 g/mol. The van der Waals surface area contributed by atoms with Crippen molar-refractivity contribution in [2.24, 2.45) is 0 Å². The second kappa shape index (κ2) is 5.74. The maximum absolute atomic E-state index is 10.3. The molecule has 17 heavy (non-hydrogen) atoms. The lowest BCUT2D eigenvalue weighted by atomic mass is 10.1. The van der Waals surface area contributed by atoms with E-state index in [1.807, 2.05) is 0 Å². The highest BCUT2D eigenvalue weighted by Crippen LogP contribution is 2.40. The predicted octanol–water partition coefficient (Wildman–Crippen LogP) is 1.96. The molecule has 0 saturated carbocycles. The molecule has 0 fully saturated rings. The zero-order chi connectivity index (χ0) is 12.8. The van der Waals surface area contributed by atoms with Crippen LogP contribution in [0.1, 0.15) is 5.56 Å². The number of rotatable bonds is 5. The fourth-order valence-corrected chi connectivity index (χ4v) is 1.40. The van der Waals surface area contributed by atoms with Gasteiger partial charge in [-0.25, -0.2) is 0 Å². The van der Waals surface area contributed by atoms with Gasteiger partial charge in [-0.05, 0) is 12.1 Å². The van der Waals surface area contributed by atoms with Crippen molar-refractivity contribution in [1.82, 2.24) is 0 Å². The van der Waals surface area contributed by atoms with Gasteiger partial charge >= 0.3 is 0 Å². The van der Waals surface area contributed by atoms with Crippen LogP contribution < -0.4 is 14.2 Å². The quantitative estimate of drug-likeness (QED) is 0.580. The fourth-order valence-electron chi connectivity index (χ4n) is 1.40. The molecule has 0 spiro atoms. The van der Waals surface area contributed by atoms with Crippen molar-refractivity contribution in [2.45, 2.75) is 0 Å². The van der Waals surface area contributed by atoms with Crippen LogP contribution in [0.5, 0.6) is 17.2 Å². The maximum atomic E-state index is 10.3. The summed E-state index contributed by atoms with van der Waals surface area (Å²) in [6, 6.07) is 3.31. The van der Waals surface area contributed by atoms with E-state index < -0.39 is 4.92 Å². The Morgan fingerprint density at radius 1 is 1.12 bits per heavy atom. The van der Waals surface area contributed by atoms with Crippen LogP contribution in [0.3, 0.4) is 0 Å². The molecule has 0 aliphatic carbocycles. The molecule has 6 nitrogen and oxygen atoms in total. The molecule has 0 atom stereocenters. The van der Waals surface area contributed by atoms with E-state index in [1.165, 1.54) is 27.4 Å². The lowest BCUT2D eigenvalue weighted by Crippen LogP contribution is -1.96. The van der Waals surface area contributed by atoms with Gasteiger partial charge in [-0.3, -0.25) is 10.1 Å². The molecule has 1 rings (SSSR count). The first-order valence-electron chi connectivity index (χ1n) is 4.74. The second-order valence-corrected chi connectivity index (χ2v) is 3.02. The molecule has 6 heteroatoms. The van der Waals surface area contributed by atoms with Crippen molar-refractivity contribution in [3.63, 3.8) is 0 Å². The smallest absolute Gasteiger partial charge is 0.235 e. The Balaban J connectivity index is 3.28. The molecule has 0 amide bonds. The molecule has 0 radical (unpaired) electrons. The molecular weight excluding hydrogens is 226 g/mol. The van der Waals surface area contributed by atoms with E-state index in [2.05, 4.69) is 0 Å². The number of benzene rings is 1. The van der Waals surface area contributed by atoms with Crippen LogP contribution in [0.4, 0.5) is 0 Å². The summed E-state index contributed by atoms with van der Waals surface area (Å²) in [6.45, 7) is 0. The molecule has 0 saturated heterocycles. The molecule has 92 valence electrons. The molecule has 0 N–H and O–H groups in total. The number of ether oxygens (including phenoxy) is 3. The number of nitro groups is 1. The zero-order valence-electron chi connectivity index (χ0n) is 9.80. The summed E-state index contributed by atoms with van der Waals surface area (Å²) in [7, 11) is 4.44. The van der Waals surface area contributed by atoms with Crippen LogP contribution in [0, 0.1) is 10.1 Å². The van der Waals surface area contributed by atoms with Crippen molar-refractivity contribution in [1.29, 1.82) is 0 Å². The lowest BCUT2D eigenvalue weighted by Gasteiger charge is -2.13. The molecule has 1 aromatic rings. The van der Waals surface area contributed by atoms with Gasteiger partial charge in [0.1, 0.15) is 0 Å². The van der Waals surface area contributed by atoms with Gasteiger partial charge in [-0.2, -0.15) is 0 Å². The van der Waals surface area contributed by atoms with Crippen molar-refractivity contribution in [2.75, 3.05) is 21.3 Å². The highest BCUT2D eigenvalue weighted by molar-refractivity contribution is 5.66. The van der Waals surface area contributed by atoms with Crippen molar-refractivity contribution in [3.8, 4) is 17.2 Å². The summed E-state index contributed by atoms with van der Waals surface area (Å²) in [5.74, 6) is 1.30. The lowest BCUT2D eigenvalue weighted by molar-refractivity contribution is -0.400. The molecular formula is C11H13NO5. The molecule has 0 unspecified atom stereocenters. The Hall–Kier alpha value is -2.24. The van der Waals surface area contributed by atoms with Gasteiger partial charge in [0.25, 0.3) is 0 Å². The summed E-state index contributed by atoms with van der Waals surface area (Å²) in [4.78, 5) is 9.73. The Bertz CT molecular complexity index is 442. The standard InChI is InChI=1S/C11H13NO5/c1-15-9-5-4-8(6-7-12(13)14)10(16-2)11(9)17-3/h4-7H,1-3H3. The van der Waals surface area contributed by atoms with Gasteiger partial charge in [0, 0.05) is 11.6 Å². The predicted molar refractivity (Wildman–Crippen MR) is 62.1 cm³/mol. The van der Waals surface area contributed by atoms with E-state index in [0.29, 0.717) is 22.8 Å². The van der Waals surface area contributed by atoms with E-state index in [-0.39, 0.29) is 0 Å². The van der Waals surface area contributed by atoms with Crippen molar-refractivity contribution >= 4 is 6.08 Å². The van der Waals surface area contributed by atoms with E-state index >= 15 is 0 Å². The van der Waals surface area contributed by atoms with Gasteiger partial charge in [0.05, 0.1) is 26.3 Å². The Labute approximate surface area is 98.6 Å². The molecule has 0 aliphatic heterocycles. The number of nitrogens with zero attached hydrogens (tertiary/aromatic N) is 1. The topological polar surface area (TPSA) is 70.8 Å². The number of hydrogen-bond acceptors (Lipinski definition) is 5. The third-order valence-electron chi connectivity index (χ3n) is 2.11. The Morgan fingerprint density at radius 3 is 2.24 bits per heavy atom. The summed E-state index contributed by atoms with van der Waals surface area (Å²) in [5.41, 5.74) is 0.543. The van der Waals surface area contributed by atoms with E-state index in [1.54, 1.807) is 12.1 Å². The monoisotopic (exact) mass is 239 g/mol. The van der Waals surface area contributed by atoms with E-state index in [0.717, 1.165) is 6.20 Å². The minimum atomic E-state index is -0.545. The van der Waals surface area contributed by atoms with Crippen molar-refractivity contribution < 1.29 is 19.1 Å². The number of hydrogen-bond donors (Lipinski definition) is 0. The average Bonchev–Trinajstić information content (AvgIpc) is 2.34. The maximum Gasteiger partial charge on any atom is 0.235 e. The molecule has 1 aromatic carbocycles. The van der Waals surface area contributed by atoms with Crippen LogP contribution in [-0.4, -0.2) is 26.3 Å². The third-order valence-corrected chi connectivity index (χ3v) is 2.11. The summed E-state index contributed by atoms with van der Waals surface area (Å²) in [6.07, 6.45) is 2.17. The van der Waals surface area contributed by atoms with Gasteiger partial charge in [0.2, 0.25) is 11.9 Å². The van der Waals surface area contributed by atoms with Gasteiger partial charge in [0.15, 0.2) is 11.5 Å². The summed E-state index contributed by atoms with van der Waals surface area (Å²) >= 11 is 0. The normalized spacial score (nSPS) is 10.3. The van der Waals surface area contributed by atoms with E-state index in [9.17, 15) is 10.1 Å². The fraction of sp³-hybridized carbons (Fsp3) is 0.273. The van der Waals surface area contributed by atoms with Crippen molar-refractivity contribution in [3.05, 3.63) is 34.0 Å². The minimum Gasteiger partial charge on any atom is -0.493 e. The first-order valence-corrected chi connectivity index (χ1v) is 4.74. The van der Waals surface area contributed by atoms with Gasteiger partial charge < -0.3 is 14.2 Å². The van der Waals surface area contributed by atoms with Gasteiger partial charge in [-0.15, -0.1) is 0 Å². The second-order valence-electron chi connectivity index (χ2n) is 3.02. The van der Waals surface area contributed by atoms with Crippen LogP contribution >= 0.6 is 0 Å². The zero-order valence-corrected chi connectivity index (χ0v) is 9.80. The van der Waals surface area contributed by atoms with Crippen LogP contribution in [0.2, 0.25) is 0 Å². The molecule has 0 aliphatic rings. The molecule has 0 heterocycles. The number of methoxy groups -OCH3 is 3. The summed E-state index contributed by atoms with van der Waals surface area (Å²) in [5, 5.41) is 10.3. The summed E-state index contributed by atoms with van der Waals surface area (Å²) < 4.78 is 15.4. The first kappa shape index (κ1) is 12.8. The highest BCUT2D eigenvalue weighted by atomic mass is 16.6. The Morgan fingerprint density at radius 2 is 1.76 bits per heavy atom. The first-order chi connectivity index (χ1) is 8.13. The third kappa shape index (κ3) is 2.87. The van der Waals surface area contributed by atoms with E-state index in [4.69, 9.17) is 14.2 Å². The van der Waals surface area contributed by atoms with Crippen LogP contribution in [0.15, 0.2) is 18.3 Å². The SMILES string of the molecule is COc1ccc(C=C[N+](=O)[O-])c(OC)c1OC. The highest BCUT2D eigenvalue weighted by Gasteiger charge is 2.14. The Kier molecular flexibility index (Phi) is 4.33. The molecule has 0 bridgehead atoms. The largest absolute Gasteiger partial charge is 0.493 e. The van der Waals surface area contributed by atoms with Crippen LogP contribution in [-0.2, 0) is 0 Å². The minimum absolute atomic E-state index is 0.393. The van der Waals surface area contributed by atoms with Crippen LogP contribution in [0.25, 0.3) is 6.08 Å².